The average molecular weight is 231 g/mol. The van der Waals surface area contributed by atoms with E-state index in [1.54, 1.807) is 11.8 Å². The minimum absolute atomic E-state index is 0.0589. The summed E-state index contributed by atoms with van der Waals surface area (Å²) in [6, 6.07) is 0. The third kappa shape index (κ3) is 4.55. The Morgan fingerprint density at radius 3 is 2.87 bits per heavy atom. The van der Waals surface area contributed by atoms with Crippen molar-refractivity contribution in [3.63, 3.8) is 0 Å². The van der Waals surface area contributed by atoms with Crippen LogP contribution in [0.4, 0.5) is 0 Å². The normalized spacial score (nSPS) is 20.7. The summed E-state index contributed by atoms with van der Waals surface area (Å²) < 4.78 is 4.48. The Balaban J connectivity index is 2.14. The first kappa shape index (κ1) is 12.4. The molecule has 4 nitrogen and oxygen atoms in total. The first-order valence-corrected chi connectivity index (χ1v) is 6.25. The summed E-state index contributed by atoms with van der Waals surface area (Å²) in [5.74, 6) is 0.838. The molecule has 0 saturated carbocycles. The SMILES string of the molecule is COC(=O)CCNC(=O)C1CCCCS1. The number of methoxy groups -OCH3 is 1. The molecular weight excluding hydrogens is 214 g/mol. The van der Waals surface area contributed by atoms with Crippen molar-refractivity contribution in [2.75, 3.05) is 19.4 Å². The van der Waals surface area contributed by atoms with Crippen molar-refractivity contribution in [3.05, 3.63) is 0 Å². The van der Waals surface area contributed by atoms with Crippen molar-refractivity contribution in [3.8, 4) is 0 Å². The number of carbonyl (C=O) groups is 2. The van der Waals surface area contributed by atoms with Gasteiger partial charge >= 0.3 is 5.97 Å². The van der Waals surface area contributed by atoms with E-state index in [-0.39, 0.29) is 23.5 Å². The van der Waals surface area contributed by atoms with Crippen LogP contribution >= 0.6 is 11.8 Å². The molecule has 0 aromatic carbocycles. The number of esters is 1. The highest BCUT2D eigenvalue weighted by Crippen LogP contribution is 2.24. The Morgan fingerprint density at radius 2 is 2.27 bits per heavy atom. The van der Waals surface area contributed by atoms with Crippen LogP contribution in [0.1, 0.15) is 25.7 Å². The maximum Gasteiger partial charge on any atom is 0.307 e. The maximum absolute atomic E-state index is 11.6. The molecule has 1 amide bonds. The minimum Gasteiger partial charge on any atom is -0.469 e. The van der Waals surface area contributed by atoms with Gasteiger partial charge in [0.15, 0.2) is 0 Å². The van der Waals surface area contributed by atoms with Crippen LogP contribution in [0.3, 0.4) is 0 Å². The molecule has 1 unspecified atom stereocenters. The molecule has 0 aromatic heterocycles. The first-order valence-electron chi connectivity index (χ1n) is 5.20. The summed E-state index contributed by atoms with van der Waals surface area (Å²) in [7, 11) is 1.35. The number of nitrogens with one attached hydrogen (secondary N) is 1. The molecule has 1 aliphatic heterocycles. The molecule has 1 saturated heterocycles. The number of amides is 1. The quantitative estimate of drug-likeness (QED) is 0.732. The second-order valence-corrected chi connectivity index (χ2v) is 4.78. The fraction of sp³-hybridized carbons (Fsp3) is 0.800. The van der Waals surface area contributed by atoms with Gasteiger partial charge in [-0.3, -0.25) is 9.59 Å². The van der Waals surface area contributed by atoms with E-state index in [9.17, 15) is 9.59 Å². The molecule has 1 N–H and O–H groups in total. The second-order valence-electron chi connectivity index (χ2n) is 3.47. The van der Waals surface area contributed by atoms with Gasteiger partial charge in [-0.2, -0.15) is 0 Å². The second kappa shape index (κ2) is 6.71. The summed E-state index contributed by atoms with van der Waals surface area (Å²) in [4.78, 5) is 22.4. The third-order valence-corrected chi connectivity index (χ3v) is 3.70. The molecule has 1 aliphatic rings. The van der Waals surface area contributed by atoms with E-state index >= 15 is 0 Å². The minimum atomic E-state index is -0.286. The predicted molar refractivity (Wildman–Crippen MR) is 59.7 cm³/mol. The Hall–Kier alpha value is -0.710. The molecule has 1 fully saturated rings. The number of ether oxygens (including phenoxy) is 1. The van der Waals surface area contributed by atoms with E-state index < -0.39 is 0 Å². The van der Waals surface area contributed by atoms with E-state index in [0.717, 1.165) is 18.6 Å². The van der Waals surface area contributed by atoms with E-state index in [4.69, 9.17) is 0 Å². The number of rotatable bonds is 4. The number of hydrogen-bond acceptors (Lipinski definition) is 4. The average Bonchev–Trinajstić information content (AvgIpc) is 2.29. The number of thioether (sulfide) groups is 1. The standard InChI is InChI=1S/C10H17NO3S/c1-14-9(12)5-6-11-10(13)8-4-2-3-7-15-8/h8H,2-7H2,1H3,(H,11,13). The van der Waals surface area contributed by atoms with E-state index in [2.05, 4.69) is 10.1 Å². The molecule has 1 heterocycles. The van der Waals surface area contributed by atoms with E-state index in [0.29, 0.717) is 6.54 Å². The van der Waals surface area contributed by atoms with Crippen LogP contribution in [0.15, 0.2) is 0 Å². The molecule has 1 atom stereocenters. The molecule has 0 bridgehead atoms. The van der Waals surface area contributed by atoms with Crippen LogP contribution in [0.5, 0.6) is 0 Å². The van der Waals surface area contributed by atoms with Crippen molar-refractivity contribution in [2.24, 2.45) is 0 Å². The van der Waals surface area contributed by atoms with Crippen LogP contribution in [0.2, 0.25) is 0 Å². The van der Waals surface area contributed by atoms with Crippen molar-refractivity contribution in [2.45, 2.75) is 30.9 Å². The third-order valence-electron chi connectivity index (χ3n) is 2.33. The number of hydrogen-bond donors (Lipinski definition) is 1. The van der Waals surface area contributed by atoms with Crippen LogP contribution in [-0.4, -0.2) is 36.5 Å². The lowest BCUT2D eigenvalue weighted by Gasteiger charge is -2.20. The highest BCUT2D eigenvalue weighted by molar-refractivity contribution is 8.00. The first-order chi connectivity index (χ1) is 7.24. The van der Waals surface area contributed by atoms with Gasteiger partial charge in [-0.1, -0.05) is 6.42 Å². The Morgan fingerprint density at radius 1 is 1.47 bits per heavy atom. The fourth-order valence-corrected chi connectivity index (χ4v) is 2.67. The van der Waals surface area contributed by atoms with Gasteiger partial charge in [0.05, 0.1) is 18.8 Å². The lowest BCUT2D eigenvalue weighted by atomic mass is 10.2. The maximum atomic E-state index is 11.6. The van der Waals surface area contributed by atoms with Crippen molar-refractivity contribution in [1.29, 1.82) is 0 Å². The highest BCUT2D eigenvalue weighted by atomic mass is 32.2. The zero-order valence-electron chi connectivity index (χ0n) is 8.95. The van der Waals surface area contributed by atoms with Gasteiger partial charge < -0.3 is 10.1 Å². The van der Waals surface area contributed by atoms with Gasteiger partial charge in [0, 0.05) is 6.54 Å². The Kier molecular flexibility index (Phi) is 5.53. The van der Waals surface area contributed by atoms with Crippen LogP contribution in [0, 0.1) is 0 Å². The summed E-state index contributed by atoms with van der Waals surface area (Å²) in [6.07, 6.45) is 3.53. The lowest BCUT2D eigenvalue weighted by molar-refractivity contribution is -0.140. The molecule has 15 heavy (non-hydrogen) atoms. The summed E-state index contributed by atoms with van der Waals surface area (Å²) in [5, 5.41) is 2.84. The molecular formula is C10H17NO3S. The van der Waals surface area contributed by atoms with Crippen molar-refractivity contribution < 1.29 is 14.3 Å². The summed E-state index contributed by atoms with van der Waals surface area (Å²) in [6.45, 7) is 0.378. The monoisotopic (exact) mass is 231 g/mol. The summed E-state index contributed by atoms with van der Waals surface area (Å²) in [5.41, 5.74) is 0. The van der Waals surface area contributed by atoms with Gasteiger partial charge in [0.25, 0.3) is 0 Å². The molecule has 86 valence electrons. The van der Waals surface area contributed by atoms with Gasteiger partial charge in [-0.25, -0.2) is 0 Å². The molecule has 0 aliphatic carbocycles. The zero-order chi connectivity index (χ0) is 11.1. The molecule has 1 rings (SSSR count). The topological polar surface area (TPSA) is 55.4 Å². The van der Waals surface area contributed by atoms with Crippen molar-refractivity contribution >= 4 is 23.6 Å². The lowest BCUT2D eigenvalue weighted by Crippen LogP contribution is -2.35. The Labute approximate surface area is 94.1 Å². The van der Waals surface area contributed by atoms with Crippen LogP contribution in [0.25, 0.3) is 0 Å². The van der Waals surface area contributed by atoms with Crippen LogP contribution in [-0.2, 0) is 14.3 Å². The predicted octanol–water partition coefficient (Wildman–Crippen LogP) is 0.951. The summed E-state index contributed by atoms with van der Waals surface area (Å²) >= 11 is 1.71. The van der Waals surface area contributed by atoms with Gasteiger partial charge in [-0.05, 0) is 18.6 Å². The highest BCUT2D eigenvalue weighted by Gasteiger charge is 2.21. The largest absolute Gasteiger partial charge is 0.469 e. The smallest absolute Gasteiger partial charge is 0.307 e. The molecule has 0 aromatic rings. The van der Waals surface area contributed by atoms with Crippen LogP contribution < -0.4 is 5.32 Å². The van der Waals surface area contributed by atoms with Gasteiger partial charge in [0.2, 0.25) is 5.91 Å². The zero-order valence-corrected chi connectivity index (χ0v) is 9.77. The van der Waals surface area contributed by atoms with Gasteiger partial charge in [0.1, 0.15) is 0 Å². The van der Waals surface area contributed by atoms with E-state index in [1.165, 1.54) is 13.5 Å². The molecule has 5 heteroatoms. The van der Waals surface area contributed by atoms with Crippen molar-refractivity contribution in [1.82, 2.24) is 5.32 Å². The number of carbonyl (C=O) groups excluding carboxylic acids is 2. The molecule has 0 radical (unpaired) electrons. The fourth-order valence-electron chi connectivity index (χ4n) is 1.45. The molecule has 0 spiro atoms. The van der Waals surface area contributed by atoms with Gasteiger partial charge in [-0.15, -0.1) is 11.8 Å². The Bertz CT molecular complexity index is 227. The van der Waals surface area contributed by atoms with E-state index in [1.807, 2.05) is 0 Å².